The first kappa shape index (κ1) is 18.6. The molecule has 29 heavy (non-hydrogen) atoms. The van der Waals surface area contributed by atoms with Gasteiger partial charge < -0.3 is 14.6 Å². The zero-order valence-electron chi connectivity index (χ0n) is 16.5. The Morgan fingerprint density at radius 2 is 1.90 bits per heavy atom. The molecule has 1 N–H and O–H groups in total. The Morgan fingerprint density at radius 1 is 1.07 bits per heavy atom. The number of carbonyl (C=O) groups is 1. The Balaban J connectivity index is 1.60. The molecule has 0 fully saturated rings. The Kier molecular flexibility index (Phi) is 4.95. The van der Waals surface area contributed by atoms with E-state index >= 15 is 0 Å². The molecular formula is C22H21N5O2. The molecule has 4 aromatic rings. The molecule has 3 aromatic heterocycles. The zero-order chi connectivity index (χ0) is 20.4. The number of nitrogens with one attached hydrogen (secondary N) is 1. The van der Waals surface area contributed by atoms with Gasteiger partial charge >= 0.3 is 0 Å². The van der Waals surface area contributed by atoms with Gasteiger partial charge in [-0.2, -0.15) is 0 Å². The maximum atomic E-state index is 12.2. The minimum atomic E-state index is -0.0513. The second-order valence-corrected chi connectivity index (χ2v) is 6.90. The Hall–Kier alpha value is -3.74. The van der Waals surface area contributed by atoms with Gasteiger partial charge in [-0.1, -0.05) is 12.1 Å². The summed E-state index contributed by atoms with van der Waals surface area (Å²) in [6.45, 7) is 0. The highest BCUT2D eigenvalue weighted by atomic mass is 16.5. The molecule has 0 radical (unpaired) electrons. The molecule has 0 spiro atoms. The van der Waals surface area contributed by atoms with Gasteiger partial charge in [-0.05, 0) is 35.9 Å². The van der Waals surface area contributed by atoms with Crippen LogP contribution in [0.3, 0.4) is 0 Å². The number of hydrogen-bond acceptors (Lipinski definition) is 5. The number of rotatable bonds is 5. The number of fused-ring (bicyclic) bond motifs is 1. The molecule has 0 bridgehead atoms. The van der Waals surface area contributed by atoms with Gasteiger partial charge in [-0.15, -0.1) is 0 Å². The molecular weight excluding hydrogens is 366 g/mol. The van der Waals surface area contributed by atoms with E-state index in [1.165, 1.54) is 0 Å². The van der Waals surface area contributed by atoms with Crippen LogP contribution in [0.15, 0.2) is 54.7 Å². The molecule has 7 nitrogen and oxygen atoms in total. The molecule has 146 valence electrons. The third kappa shape index (κ3) is 3.94. The number of nitrogens with zero attached hydrogens (tertiary/aromatic N) is 4. The summed E-state index contributed by atoms with van der Waals surface area (Å²) in [7, 11) is 5.06. The first-order valence-electron chi connectivity index (χ1n) is 9.20. The highest BCUT2D eigenvalue weighted by Crippen LogP contribution is 2.21. The lowest BCUT2D eigenvalue weighted by molar-refractivity contribution is 0.0823. The van der Waals surface area contributed by atoms with Crippen molar-refractivity contribution in [1.29, 1.82) is 0 Å². The van der Waals surface area contributed by atoms with Gasteiger partial charge in [0.05, 0.1) is 18.5 Å². The minimum absolute atomic E-state index is 0.0513. The van der Waals surface area contributed by atoms with E-state index in [0.717, 1.165) is 27.9 Å². The van der Waals surface area contributed by atoms with E-state index in [1.54, 1.807) is 38.4 Å². The van der Waals surface area contributed by atoms with Crippen LogP contribution in [0.5, 0.6) is 5.88 Å². The van der Waals surface area contributed by atoms with Gasteiger partial charge in [-0.3, -0.25) is 4.79 Å². The summed E-state index contributed by atoms with van der Waals surface area (Å²) in [5, 5.41) is 0.985. The Bertz CT molecular complexity index is 1180. The van der Waals surface area contributed by atoms with Crippen molar-refractivity contribution in [2.45, 2.75) is 6.42 Å². The molecule has 0 saturated carbocycles. The lowest BCUT2D eigenvalue weighted by Gasteiger charge is -2.07. The summed E-state index contributed by atoms with van der Waals surface area (Å²) in [6.07, 6.45) is 2.32. The quantitative estimate of drug-likeness (QED) is 0.568. The normalized spacial score (nSPS) is 10.9. The van der Waals surface area contributed by atoms with Crippen molar-refractivity contribution in [3.8, 4) is 17.3 Å². The number of amides is 1. The number of H-pyrrole nitrogens is 1. The standard InChI is InChI=1S/C22H21N5O2/c1-27(2)22(28)19-13-15-11-14(7-8-16(15)24-19)12-20-23-10-9-18(25-20)17-5-4-6-21(26-17)29-3/h4-11,13,24H,12H2,1-3H3. The number of benzene rings is 1. The van der Waals surface area contributed by atoms with Crippen molar-refractivity contribution in [3.63, 3.8) is 0 Å². The second-order valence-electron chi connectivity index (χ2n) is 6.90. The predicted octanol–water partition coefficient (Wildman–Crippen LogP) is 3.32. The number of ether oxygens (including phenoxy) is 1. The van der Waals surface area contributed by atoms with Crippen LogP contribution in [0.25, 0.3) is 22.3 Å². The number of hydrogen-bond donors (Lipinski definition) is 1. The second kappa shape index (κ2) is 7.71. The van der Waals surface area contributed by atoms with Gasteiger partial charge in [-0.25, -0.2) is 15.0 Å². The van der Waals surface area contributed by atoms with Crippen LogP contribution in [-0.2, 0) is 6.42 Å². The van der Waals surface area contributed by atoms with Crippen molar-refractivity contribution in [1.82, 2.24) is 24.8 Å². The molecule has 0 aliphatic heterocycles. The first-order valence-corrected chi connectivity index (χ1v) is 9.20. The molecule has 4 rings (SSSR count). The summed E-state index contributed by atoms with van der Waals surface area (Å²) in [4.78, 5) is 30.4. The van der Waals surface area contributed by atoms with Crippen LogP contribution < -0.4 is 4.74 Å². The van der Waals surface area contributed by atoms with Crippen LogP contribution in [0.2, 0.25) is 0 Å². The average Bonchev–Trinajstić information content (AvgIpc) is 3.16. The zero-order valence-corrected chi connectivity index (χ0v) is 16.5. The van der Waals surface area contributed by atoms with E-state index in [2.05, 4.69) is 26.0 Å². The Morgan fingerprint density at radius 3 is 2.69 bits per heavy atom. The van der Waals surface area contributed by atoms with E-state index in [-0.39, 0.29) is 5.91 Å². The number of aromatic amines is 1. The largest absolute Gasteiger partial charge is 0.481 e. The highest BCUT2D eigenvalue weighted by molar-refractivity contribution is 5.97. The number of carbonyl (C=O) groups excluding carboxylic acids is 1. The summed E-state index contributed by atoms with van der Waals surface area (Å²) < 4.78 is 5.19. The molecule has 1 amide bonds. The predicted molar refractivity (Wildman–Crippen MR) is 111 cm³/mol. The summed E-state index contributed by atoms with van der Waals surface area (Å²) in [5.74, 6) is 1.19. The fourth-order valence-corrected chi connectivity index (χ4v) is 3.13. The minimum Gasteiger partial charge on any atom is -0.481 e. The van der Waals surface area contributed by atoms with Crippen LogP contribution in [0, 0.1) is 0 Å². The topological polar surface area (TPSA) is 84.0 Å². The van der Waals surface area contributed by atoms with E-state index in [0.29, 0.717) is 23.8 Å². The van der Waals surface area contributed by atoms with Gasteiger partial charge in [0.15, 0.2) is 0 Å². The summed E-state index contributed by atoms with van der Waals surface area (Å²) >= 11 is 0. The Labute approximate surface area is 168 Å². The molecule has 1 aromatic carbocycles. The smallest absolute Gasteiger partial charge is 0.269 e. The highest BCUT2D eigenvalue weighted by Gasteiger charge is 2.12. The molecule has 0 aliphatic rings. The molecule has 0 aliphatic carbocycles. The van der Waals surface area contributed by atoms with Gasteiger partial charge in [0, 0.05) is 43.7 Å². The maximum absolute atomic E-state index is 12.2. The number of pyridine rings is 1. The molecule has 0 unspecified atom stereocenters. The molecule has 0 atom stereocenters. The van der Waals surface area contributed by atoms with Crippen molar-refractivity contribution in [3.05, 3.63) is 71.8 Å². The van der Waals surface area contributed by atoms with Crippen molar-refractivity contribution in [2.24, 2.45) is 0 Å². The van der Waals surface area contributed by atoms with Crippen LogP contribution in [-0.4, -0.2) is 51.9 Å². The molecule has 3 heterocycles. The summed E-state index contributed by atoms with van der Waals surface area (Å²) in [6, 6.07) is 15.3. The maximum Gasteiger partial charge on any atom is 0.269 e. The van der Waals surface area contributed by atoms with Gasteiger partial charge in [0.1, 0.15) is 11.5 Å². The number of aromatic nitrogens is 4. The molecule has 7 heteroatoms. The lowest BCUT2D eigenvalue weighted by Crippen LogP contribution is -2.21. The third-order valence-corrected chi connectivity index (χ3v) is 4.58. The monoisotopic (exact) mass is 387 g/mol. The molecule has 0 saturated heterocycles. The van der Waals surface area contributed by atoms with Gasteiger partial charge in [0.25, 0.3) is 5.91 Å². The fraction of sp³-hybridized carbons (Fsp3) is 0.182. The number of methoxy groups -OCH3 is 1. The SMILES string of the molecule is COc1cccc(-c2ccnc(Cc3ccc4[nH]c(C(=O)N(C)C)cc4c3)n2)n1. The van der Waals surface area contributed by atoms with Crippen molar-refractivity contribution in [2.75, 3.05) is 21.2 Å². The van der Waals surface area contributed by atoms with E-state index in [9.17, 15) is 4.79 Å². The van der Waals surface area contributed by atoms with Crippen LogP contribution in [0.1, 0.15) is 21.9 Å². The van der Waals surface area contributed by atoms with Crippen LogP contribution >= 0.6 is 0 Å². The van der Waals surface area contributed by atoms with E-state index in [4.69, 9.17) is 4.74 Å². The van der Waals surface area contributed by atoms with Gasteiger partial charge in [0.2, 0.25) is 5.88 Å². The van der Waals surface area contributed by atoms with E-state index < -0.39 is 0 Å². The lowest BCUT2D eigenvalue weighted by atomic mass is 10.1. The first-order chi connectivity index (χ1) is 14.0. The third-order valence-electron chi connectivity index (χ3n) is 4.58. The van der Waals surface area contributed by atoms with E-state index in [1.807, 2.05) is 36.4 Å². The average molecular weight is 387 g/mol. The van der Waals surface area contributed by atoms with Crippen molar-refractivity contribution < 1.29 is 9.53 Å². The fourth-order valence-electron chi connectivity index (χ4n) is 3.13. The van der Waals surface area contributed by atoms with Crippen molar-refractivity contribution >= 4 is 16.8 Å². The summed E-state index contributed by atoms with van der Waals surface area (Å²) in [5.41, 5.74) is 4.05. The van der Waals surface area contributed by atoms with Crippen LogP contribution in [0.4, 0.5) is 0 Å².